The number of benzene rings is 1. The van der Waals surface area contributed by atoms with Crippen molar-refractivity contribution in [3.05, 3.63) is 41.8 Å². The van der Waals surface area contributed by atoms with Crippen molar-refractivity contribution in [3.63, 3.8) is 0 Å². The van der Waals surface area contributed by atoms with Crippen LogP contribution in [-0.2, 0) is 11.2 Å². The molecule has 1 fully saturated rings. The van der Waals surface area contributed by atoms with Crippen molar-refractivity contribution in [1.29, 1.82) is 0 Å². The lowest BCUT2D eigenvalue weighted by Crippen LogP contribution is -2.41. The first-order valence-electron chi connectivity index (χ1n) is 10.1. The molecule has 3 rings (SSSR count). The number of amides is 1. The topological polar surface area (TPSA) is 69.8 Å². The summed E-state index contributed by atoms with van der Waals surface area (Å²) in [6.45, 7) is 7.16. The summed E-state index contributed by atoms with van der Waals surface area (Å²) in [7, 11) is 1.87. The molecule has 1 aliphatic rings. The monoisotopic (exact) mass is 385 g/mol. The Labute approximate surface area is 167 Å². The summed E-state index contributed by atoms with van der Waals surface area (Å²) in [6, 6.07) is 9.74. The predicted octanol–water partition coefficient (Wildman–Crippen LogP) is 2.74. The van der Waals surface area contributed by atoms with Crippen molar-refractivity contribution in [2.24, 2.45) is 5.92 Å². The maximum absolute atomic E-state index is 12.7. The first kappa shape index (κ1) is 20.6. The summed E-state index contributed by atoms with van der Waals surface area (Å²) in [5.74, 6) is 1.85. The van der Waals surface area contributed by atoms with E-state index in [-0.39, 0.29) is 18.4 Å². The van der Waals surface area contributed by atoms with Crippen LogP contribution in [-0.4, -0.2) is 65.1 Å². The maximum Gasteiger partial charge on any atom is 0.228 e. The number of aromatic nitrogens is 1. The van der Waals surface area contributed by atoms with Crippen LogP contribution in [0.5, 0.6) is 0 Å². The molecule has 0 saturated carbocycles. The zero-order valence-electron chi connectivity index (χ0n) is 17.1. The molecule has 0 unspecified atom stereocenters. The number of hydrogen-bond donors (Lipinski definition) is 1. The van der Waals surface area contributed by atoms with Gasteiger partial charge in [0.05, 0.1) is 18.2 Å². The molecule has 1 amide bonds. The largest absolute Gasteiger partial charge is 0.441 e. The third kappa shape index (κ3) is 5.42. The van der Waals surface area contributed by atoms with E-state index in [1.807, 2.05) is 56.1 Å². The van der Waals surface area contributed by atoms with Gasteiger partial charge in [0.2, 0.25) is 11.8 Å². The molecule has 2 aromatic rings. The molecule has 1 saturated heterocycles. The lowest BCUT2D eigenvalue weighted by atomic mass is 9.96. The van der Waals surface area contributed by atoms with E-state index in [4.69, 9.17) is 4.42 Å². The number of likely N-dealkylation sites (tertiary alicyclic amines) is 1. The number of likely N-dealkylation sites (N-methyl/N-ethyl adjacent to an activating group) is 1. The Balaban J connectivity index is 1.52. The van der Waals surface area contributed by atoms with Gasteiger partial charge in [-0.2, -0.15) is 0 Å². The lowest BCUT2D eigenvalue weighted by Gasteiger charge is -2.34. The molecule has 0 aliphatic carbocycles. The molecule has 6 nitrogen and oxygen atoms in total. The molecule has 28 heavy (non-hydrogen) atoms. The fourth-order valence-corrected chi connectivity index (χ4v) is 3.79. The molecule has 1 aliphatic heterocycles. The van der Waals surface area contributed by atoms with Gasteiger partial charge in [-0.25, -0.2) is 4.98 Å². The van der Waals surface area contributed by atoms with Crippen LogP contribution in [0.3, 0.4) is 0 Å². The van der Waals surface area contributed by atoms with Gasteiger partial charge in [0, 0.05) is 25.7 Å². The number of rotatable bonds is 7. The number of aliphatic hydroxyl groups is 1. The Morgan fingerprint density at radius 1 is 1.32 bits per heavy atom. The molecule has 6 heteroatoms. The fourth-order valence-electron chi connectivity index (χ4n) is 3.79. The van der Waals surface area contributed by atoms with Crippen LogP contribution in [0.2, 0.25) is 0 Å². The van der Waals surface area contributed by atoms with Crippen LogP contribution < -0.4 is 0 Å². The average molecular weight is 386 g/mol. The molecule has 0 radical (unpaired) electrons. The molecule has 1 aromatic heterocycles. The quantitative estimate of drug-likeness (QED) is 0.794. The number of piperidine rings is 1. The van der Waals surface area contributed by atoms with Crippen LogP contribution in [0, 0.1) is 12.8 Å². The minimum atomic E-state index is -0.285. The number of hydrogen-bond acceptors (Lipinski definition) is 5. The van der Waals surface area contributed by atoms with Crippen molar-refractivity contribution in [2.45, 2.75) is 39.2 Å². The van der Waals surface area contributed by atoms with Crippen molar-refractivity contribution in [3.8, 4) is 11.5 Å². The van der Waals surface area contributed by atoms with Crippen molar-refractivity contribution in [1.82, 2.24) is 14.8 Å². The first-order valence-corrected chi connectivity index (χ1v) is 10.1. The molecule has 152 valence electrons. The highest BCUT2D eigenvalue weighted by atomic mass is 16.4. The van der Waals surface area contributed by atoms with Crippen LogP contribution in [0.15, 0.2) is 34.7 Å². The van der Waals surface area contributed by atoms with Gasteiger partial charge in [0.25, 0.3) is 0 Å². The van der Waals surface area contributed by atoms with E-state index in [0.717, 1.165) is 44.6 Å². The van der Waals surface area contributed by atoms with Crippen molar-refractivity contribution in [2.75, 3.05) is 33.2 Å². The summed E-state index contributed by atoms with van der Waals surface area (Å²) >= 11 is 0. The predicted molar refractivity (Wildman–Crippen MR) is 109 cm³/mol. The first-order chi connectivity index (χ1) is 13.4. The van der Waals surface area contributed by atoms with E-state index in [0.29, 0.717) is 23.3 Å². The van der Waals surface area contributed by atoms with Gasteiger partial charge in [-0.15, -0.1) is 0 Å². The number of aryl methyl sites for hydroxylation is 1. The SMILES string of the molecule is Cc1oc(-c2ccccc2)nc1CC(=O)N(C)CC1CCN(C[C@H](C)O)CC1. The van der Waals surface area contributed by atoms with Crippen LogP contribution in [0.1, 0.15) is 31.2 Å². The Hall–Kier alpha value is -2.18. The standard InChI is InChI=1S/C22H31N3O3/c1-16(26)14-25-11-9-18(10-12-25)15-24(3)21(27)13-20-17(2)28-22(23-20)19-7-5-4-6-8-19/h4-8,16,18,26H,9-15H2,1-3H3/t16-/m0/s1. The third-order valence-corrected chi connectivity index (χ3v) is 5.42. The van der Waals surface area contributed by atoms with Gasteiger partial charge in [-0.05, 0) is 57.8 Å². The minimum Gasteiger partial charge on any atom is -0.441 e. The Bertz CT molecular complexity index is 765. The van der Waals surface area contributed by atoms with E-state index in [9.17, 15) is 9.90 Å². The lowest BCUT2D eigenvalue weighted by molar-refractivity contribution is -0.130. The molecule has 1 atom stereocenters. The van der Waals surface area contributed by atoms with Gasteiger partial charge in [0.15, 0.2) is 0 Å². The number of aliphatic hydroxyl groups excluding tert-OH is 1. The third-order valence-electron chi connectivity index (χ3n) is 5.42. The van der Waals surface area contributed by atoms with Crippen LogP contribution in [0.4, 0.5) is 0 Å². The van der Waals surface area contributed by atoms with Gasteiger partial charge in [0.1, 0.15) is 5.76 Å². The molecule has 1 N–H and O–H groups in total. The van der Waals surface area contributed by atoms with Crippen LogP contribution >= 0.6 is 0 Å². The van der Waals surface area contributed by atoms with E-state index >= 15 is 0 Å². The highest BCUT2D eigenvalue weighted by molar-refractivity contribution is 5.78. The second-order valence-electron chi connectivity index (χ2n) is 7.93. The van der Waals surface area contributed by atoms with Gasteiger partial charge >= 0.3 is 0 Å². The summed E-state index contributed by atoms with van der Waals surface area (Å²) < 4.78 is 5.77. The Morgan fingerprint density at radius 2 is 2.00 bits per heavy atom. The zero-order valence-corrected chi connectivity index (χ0v) is 17.1. The van der Waals surface area contributed by atoms with Crippen LogP contribution in [0.25, 0.3) is 11.5 Å². The highest BCUT2D eigenvalue weighted by Crippen LogP contribution is 2.22. The molecule has 1 aromatic carbocycles. The summed E-state index contributed by atoms with van der Waals surface area (Å²) in [4.78, 5) is 21.4. The van der Waals surface area contributed by atoms with Gasteiger partial charge < -0.3 is 19.3 Å². The number of nitrogens with zero attached hydrogens (tertiary/aromatic N) is 3. The van der Waals surface area contributed by atoms with Gasteiger partial charge in [-0.3, -0.25) is 4.79 Å². The average Bonchev–Trinajstić information content (AvgIpc) is 3.04. The van der Waals surface area contributed by atoms with E-state index in [1.165, 1.54) is 0 Å². The molecule has 2 heterocycles. The minimum absolute atomic E-state index is 0.0717. The Morgan fingerprint density at radius 3 is 2.64 bits per heavy atom. The second-order valence-corrected chi connectivity index (χ2v) is 7.93. The normalized spacial score (nSPS) is 16.9. The smallest absolute Gasteiger partial charge is 0.228 e. The Kier molecular flexibility index (Phi) is 6.86. The van der Waals surface area contributed by atoms with E-state index in [1.54, 1.807) is 0 Å². The number of β-amino-alcohol motifs (C(OH)–C–C–N with tert-alkyl or cyclic N) is 1. The molecular weight excluding hydrogens is 354 g/mol. The van der Waals surface area contributed by atoms with Gasteiger partial charge in [-0.1, -0.05) is 18.2 Å². The number of carbonyl (C=O) groups is 1. The van der Waals surface area contributed by atoms with Crippen molar-refractivity contribution < 1.29 is 14.3 Å². The molecule has 0 bridgehead atoms. The fraction of sp³-hybridized carbons (Fsp3) is 0.545. The van der Waals surface area contributed by atoms with E-state index < -0.39 is 0 Å². The van der Waals surface area contributed by atoms with Crippen molar-refractivity contribution >= 4 is 5.91 Å². The second kappa shape index (κ2) is 9.34. The highest BCUT2D eigenvalue weighted by Gasteiger charge is 2.23. The molecular formula is C22H31N3O3. The number of oxazole rings is 1. The maximum atomic E-state index is 12.7. The molecule has 0 spiro atoms. The summed E-state index contributed by atoms with van der Waals surface area (Å²) in [5, 5.41) is 9.52. The summed E-state index contributed by atoms with van der Waals surface area (Å²) in [6.07, 6.45) is 2.10. The summed E-state index contributed by atoms with van der Waals surface area (Å²) in [5.41, 5.74) is 1.63. The number of carbonyl (C=O) groups excluding carboxylic acids is 1. The zero-order chi connectivity index (χ0) is 20.1. The van der Waals surface area contributed by atoms with E-state index in [2.05, 4.69) is 9.88 Å².